The summed E-state index contributed by atoms with van der Waals surface area (Å²) in [5, 5.41) is 26.5. The van der Waals surface area contributed by atoms with Gasteiger partial charge in [-0.25, -0.2) is 0 Å². The molecule has 0 atom stereocenters. The van der Waals surface area contributed by atoms with Crippen molar-refractivity contribution in [1.29, 1.82) is 0 Å². The minimum atomic E-state index is -1.59. The first-order valence-corrected chi connectivity index (χ1v) is 3.50. The summed E-state index contributed by atoms with van der Waals surface area (Å²) in [5.74, 6) is 0. The lowest BCUT2D eigenvalue weighted by atomic mass is 9.77. The largest absolute Gasteiger partial charge is 0.488 e. The van der Waals surface area contributed by atoms with Crippen LogP contribution in [0.2, 0.25) is 0 Å². The van der Waals surface area contributed by atoms with Gasteiger partial charge in [-0.3, -0.25) is 0 Å². The van der Waals surface area contributed by atoms with Crippen LogP contribution in [-0.2, 0) is 6.61 Å². The van der Waals surface area contributed by atoms with Crippen LogP contribution in [0.5, 0.6) is 0 Å². The van der Waals surface area contributed by atoms with Gasteiger partial charge in [0.1, 0.15) is 0 Å². The Balaban J connectivity index is 3.12. The van der Waals surface area contributed by atoms with E-state index in [4.69, 9.17) is 20.9 Å². The molecular weight excluding hydrogens is 157 g/mol. The van der Waals surface area contributed by atoms with Gasteiger partial charge in [0, 0.05) is 5.69 Å². The molecule has 0 unspecified atom stereocenters. The minimum absolute atomic E-state index is 0.229. The molecule has 0 spiro atoms. The van der Waals surface area contributed by atoms with E-state index >= 15 is 0 Å². The molecule has 4 nitrogen and oxygen atoms in total. The van der Waals surface area contributed by atoms with E-state index in [-0.39, 0.29) is 12.1 Å². The molecule has 0 amide bonds. The van der Waals surface area contributed by atoms with E-state index in [1.807, 2.05) is 0 Å². The highest BCUT2D eigenvalue weighted by atomic mass is 16.4. The fraction of sp³-hybridized carbons (Fsp3) is 0.143. The molecule has 12 heavy (non-hydrogen) atoms. The molecule has 1 rings (SSSR count). The number of hydrogen-bond acceptors (Lipinski definition) is 4. The van der Waals surface area contributed by atoms with Crippen LogP contribution < -0.4 is 11.2 Å². The summed E-state index contributed by atoms with van der Waals surface area (Å²) in [5.41, 5.74) is 6.58. The summed E-state index contributed by atoms with van der Waals surface area (Å²) in [6, 6.07) is 4.58. The molecule has 5 N–H and O–H groups in total. The van der Waals surface area contributed by atoms with Crippen LogP contribution in [0.4, 0.5) is 5.69 Å². The van der Waals surface area contributed by atoms with Crippen molar-refractivity contribution in [1.82, 2.24) is 0 Å². The third kappa shape index (κ3) is 1.76. The summed E-state index contributed by atoms with van der Waals surface area (Å²) < 4.78 is 0. The van der Waals surface area contributed by atoms with Crippen LogP contribution in [0, 0.1) is 0 Å². The summed E-state index contributed by atoms with van der Waals surface area (Å²) in [4.78, 5) is 0. The predicted octanol–water partition coefficient (Wildman–Crippen LogP) is -1.56. The number of aliphatic hydroxyl groups is 1. The normalized spacial score (nSPS) is 9.92. The Morgan fingerprint density at radius 3 is 2.50 bits per heavy atom. The maximum absolute atomic E-state index is 8.85. The molecule has 0 saturated heterocycles. The second-order valence-corrected chi connectivity index (χ2v) is 2.49. The molecule has 5 heteroatoms. The van der Waals surface area contributed by atoms with E-state index in [2.05, 4.69) is 0 Å². The van der Waals surface area contributed by atoms with Gasteiger partial charge in [0.25, 0.3) is 0 Å². The molecule has 0 aliphatic carbocycles. The molecule has 64 valence electrons. The van der Waals surface area contributed by atoms with Gasteiger partial charge < -0.3 is 20.9 Å². The molecule has 0 saturated carbocycles. The van der Waals surface area contributed by atoms with Crippen LogP contribution in [0.3, 0.4) is 0 Å². The molecule has 0 aliphatic heterocycles. The molecular formula is C7H10BNO3. The van der Waals surface area contributed by atoms with Crippen molar-refractivity contribution >= 4 is 18.3 Å². The van der Waals surface area contributed by atoms with Crippen LogP contribution in [0.25, 0.3) is 0 Å². The van der Waals surface area contributed by atoms with Gasteiger partial charge in [0.15, 0.2) is 0 Å². The minimum Gasteiger partial charge on any atom is -0.423 e. The van der Waals surface area contributed by atoms with Gasteiger partial charge in [-0.15, -0.1) is 0 Å². The molecule has 0 aromatic heterocycles. The zero-order valence-corrected chi connectivity index (χ0v) is 6.44. The van der Waals surface area contributed by atoms with E-state index in [1.54, 1.807) is 12.1 Å². The van der Waals surface area contributed by atoms with Crippen LogP contribution in [0.15, 0.2) is 18.2 Å². The van der Waals surface area contributed by atoms with Gasteiger partial charge in [0.05, 0.1) is 6.61 Å². The fourth-order valence-electron chi connectivity index (χ4n) is 0.998. The molecule has 0 heterocycles. The molecule has 0 aliphatic rings. The SMILES string of the molecule is Nc1ccc(CO)c(B(O)O)c1. The molecule has 0 fully saturated rings. The smallest absolute Gasteiger partial charge is 0.423 e. The summed E-state index contributed by atoms with van der Waals surface area (Å²) in [6.07, 6.45) is 0. The van der Waals surface area contributed by atoms with Crippen molar-refractivity contribution < 1.29 is 15.2 Å². The first kappa shape index (κ1) is 9.06. The van der Waals surface area contributed by atoms with E-state index in [1.165, 1.54) is 6.07 Å². The Hall–Kier alpha value is -1.04. The maximum atomic E-state index is 8.85. The molecule has 1 aromatic rings. The third-order valence-electron chi connectivity index (χ3n) is 1.62. The van der Waals surface area contributed by atoms with E-state index in [9.17, 15) is 0 Å². The van der Waals surface area contributed by atoms with Crippen LogP contribution in [0.1, 0.15) is 5.56 Å². The molecule has 1 aromatic carbocycles. The fourth-order valence-corrected chi connectivity index (χ4v) is 0.998. The highest BCUT2D eigenvalue weighted by molar-refractivity contribution is 6.59. The van der Waals surface area contributed by atoms with Crippen molar-refractivity contribution in [2.75, 3.05) is 5.73 Å². The second-order valence-electron chi connectivity index (χ2n) is 2.49. The van der Waals surface area contributed by atoms with Crippen molar-refractivity contribution in [3.8, 4) is 0 Å². The number of rotatable bonds is 2. The monoisotopic (exact) mass is 167 g/mol. The number of aliphatic hydroxyl groups excluding tert-OH is 1. The highest BCUT2D eigenvalue weighted by Gasteiger charge is 2.15. The van der Waals surface area contributed by atoms with Crippen molar-refractivity contribution in [2.45, 2.75) is 6.61 Å². The van der Waals surface area contributed by atoms with E-state index in [0.29, 0.717) is 11.3 Å². The van der Waals surface area contributed by atoms with Gasteiger partial charge in [0.2, 0.25) is 0 Å². The highest BCUT2D eigenvalue weighted by Crippen LogP contribution is 2.03. The maximum Gasteiger partial charge on any atom is 0.488 e. The predicted molar refractivity (Wildman–Crippen MR) is 46.6 cm³/mol. The standard InChI is InChI=1S/C7H10BNO3/c9-6-2-1-5(4-10)7(3-6)8(11)12/h1-3,10-12H,4,9H2. The van der Waals surface area contributed by atoms with Gasteiger partial charge in [-0.1, -0.05) is 6.07 Å². The third-order valence-corrected chi connectivity index (χ3v) is 1.62. The Labute approximate surface area is 70.4 Å². The first-order valence-electron chi connectivity index (χ1n) is 3.50. The van der Waals surface area contributed by atoms with Crippen LogP contribution >= 0.6 is 0 Å². The molecule has 0 bridgehead atoms. The summed E-state index contributed by atoms with van der Waals surface area (Å²) >= 11 is 0. The Morgan fingerprint density at radius 2 is 2.00 bits per heavy atom. The lowest BCUT2D eigenvalue weighted by Gasteiger charge is -2.06. The van der Waals surface area contributed by atoms with Crippen molar-refractivity contribution in [2.24, 2.45) is 0 Å². The Kier molecular flexibility index (Phi) is 2.70. The van der Waals surface area contributed by atoms with Gasteiger partial charge in [-0.05, 0) is 23.2 Å². The Bertz CT molecular complexity index is 277. The van der Waals surface area contributed by atoms with E-state index in [0.717, 1.165) is 0 Å². The first-order chi connectivity index (χ1) is 5.65. The number of hydrogen-bond donors (Lipinski definition) is 4. The molecule has 0 radical (unpaired) electrons. The second kappa shape index (κ2) is 3.58. The van der Waals surface area contributed by atoms with Crippen LogP contribution in [-0.4, -0.2) is 22.3 Å². The zero-order valence-electron chi connectivity index (χ0n) is 6.44. The van der Waals surface area contributed by atoms with Crippen molar-refractivity contribution in [3.63, 3.8) is 0 Å². The van der Waals surface area contributed by atoms with Gasteiger partial charge in [-0.2, -0.15) is 0 Å². The summed E-state index contributed by atoms with van der Waals surface area (Å²) in [6.45, 7) is -0.229. The lowest BCUT2D eigenvalue weighted by molar-refractivity contribution is 0.282. The Morgan fingerprint density at radius 1 is 1.33 bits per heavy atom. The zero-order chi connectivity index (χ0) is 9.14. The van der Waals surface area contributed by atoms with Gasteiger partial charge >= 0.3 is 7.12 Å². The lowest BCUT2D eigenvalue weighted by Crippen LogP contribution is -2.33. The van der Waals surface area contributed by atoms with E-state index < -0.39 is 7.12 Å². The topological polar surface area (TPSA) is 86.7 Å². The average molecular weight is 167 g/mol. The quantitative estimate of drug-likeness (QED) is 0.317. The number of anilines is 1. The number of benzene rings is 1. The summed E-state index contributed by atoms with van der Waals surface area (Å²) in [7, 11) is -1.59. The average Bonchev–Trinajstić information content (AvgIpc) is 2.04. The van der Waals surface area contributed by atoms with Crippen molar-refractivity contribution in [3.05, 3.63) is 23.8 Å². The number of nitrogens with two attached hydrogens (primary N) is 1. The number of nitrogen functional groups attached to an aromatic ring is 1.